The Morgan fingerprint density at radius 1 is 1.20 bits per heavy atom. The molecule has 1 N–H and O–H groups in total. The quantitative estimate of drug-likeness (QED) is 0.753. The molecule has 0 aromatic carbocycles. The third kappa shape index (κ3) is 1.97. The van der Waals surface area contributed by atoms with Crippen LogP contribution in [0, 0.1) is 5.41 Å². The van der Waals surface area contributed by atoms with E-state index >= 15 is 0 Å². The van der Waals surface area contributed by atoms with Gasteiger partial charge in [-0.1, -0.05) is 0 Å². The first kappa shape index (κ1) is 10.8. The number of amides is 1. The Kier molecular flexibility index (Phi) is 2.45. The summed E-state index contributed by atoms with van der Waals surface area (Å²) in [5, 5.41) is 9.06. The molecular formula is C10H15F2NO2. The molecule has 2 fully saturated rings. The van der Waals surface area contributed by atoms with E-state index in [2.05, 4.69) is 0 Å². The molecule has 2 aliphatic rings. The van der Waals surface area contributed by atoms with Gasteiger partial charge >= 0.3 is 0 Å². The van der Waals surface area contributed by atoms with E-state index in [1.165, 1.54) is 4.90 Å². The van der Waals surface area contributed by atoms with Crippen LogP contribution in [0.2, 0.25) is 0 Å². The summed E-state index contributed by atoms with van der Waals surface area (Å²) in [6.45, 7) is 0.0832. The van der Waals surface area contributed by atoms with Gasteiger partial charge in [0.15, 0.2) is 0 Å². The molecule has 0 spiro atoms. The average molecular weight is 219 g/mol. The first-order valence-corrected chi connectivity index (χ1v) is 5.27. The zero-order chi connectivity index (χ0) is 11.1. The van der Waals surface area contributed by atoms with Gasteiger partial charge in [0.1, 0.15) is 0 Å². The minimum absolute atomic E-state index is 0.119. The van der Waals surface area contributed by atoms with Gasteiger partial charge in [0.2, 0.25) is 5.91 Å². The molecule has 0 unspecified atom stereocenters. The number of alkyl halides is 2. The first-order chi connectivity index (χ1) is 6.99. The molecule has 0 atom stereocenters. The molecule has 0 aromatic rings. The van der Waals surface area contributed by atoms with Crippen LogP contribution >= 0.6 is 0 Å². The highest BCUT2D eigenvalue weighted by molar-refractivity contribution is 5.85. The molecular weight excluding hydrogens is 204 g/mol. The highest BCUT2D eigenvalue weighted by atomic mass is 19.3. The Balaban J connectivity index is 1.94. The molecule has 0 bridgehead atoms. The van der Waals surface area contributed by atoms with Gasteiger partial charge in [-0.2, -0.15) is 0 Å². The summed E-state index contributed by atoms with van der Waals surface area (Å²) in [5.41, 5.74) is -0.618. The lowest BCUT2D eigenvalue weighted by atomic mass is 10.0. The normalized spacial score (nSPS) is 27.5. The average Bonchev–Trinajstić information content (AvgIpc) is 2.97. The van der Waals surface area contributed by atoms with Crippen LogP contribution in [-0.2, 0) is 4.79 Å². The van der Waals surface area contributed by atoms with E-state index in [9.17, 15) is 13.6 Å². The van der Waals surface area contributed by atoms with Crippen molar-refractivity contribution in [1.82, 2.24) is 4.90 Å². The lowest BCUT2D eigenvalue weighted by Gasteiger charge is -2.33. The maximum Gasteiger partial charge on any atom is 0.251 e. The van der Waals surface area contributed by atoms with Gasteiger partial charge in [-0.25, -0.2) is 8.78 Å². The summed E-state index contributed by atoms with van der Waals surface area (Å²) in [7, 11) is 0. The Morgan fingerprint density at radius 2 is 1.73 bits per heavy atom. The summed E-state index contributed by atoms with van der Waals surface area (Å²) in [4.78, 5) is 13.3. The van der Waals surface area contributed by atoms with Gasteiger partial charge in [-0.3, -0.25) is 4.79 Å². The number of piperidine rings is 1. The minimum atomic E-state index is -2.62. The highest BCUT2D eigenvalue weighted by Gasteiger charge is 2.52. The summed E-state index contributed by atoms with van der Waals surface area (Å²) in [6, 6.07) is 0. The first-order valence-electron chi connectivity index (χ1n) is 5.27. The van der Waals surface area contributed by atoms with Crippen LogP contribution in [0.5, 0.6) is 0 Å². The highest BCUT2D eigenvalue weighted by Crippen LogP contribution is 2.47. The maximum atomic E-state index is 12.8. The zero-order valence-corrected chi connectivity index (χ0v) is 8.51. The van der Waals surface area contributed by atoms with Crippen molar-refractivity contribution in [3.05, 3.63) is 0 Å². The number of carbonyl (C=O) groups excluding carboxylic acids is 1. The van der Waals surface area contributed by atoms with Crippen LogP contribution in [-0.4, -0.2) is 41.5 Å². The Morgan fingerprint density at radius 3 is 2.13 bits per heavy atom. The lowest BCUT2D eigenvalue weighted by molar-refractivity contribution is -0.144. The lowest BCUT2D eigenvalue weighted by Crippen LogP contribution is -2.46. The van der Waals surface area contributed by atoms with E-state index in [0.29, 0.717) is 12.8 Å². The van der Waals surface area contributed by atoms with E-state index in [1.54, 1.807) is 0 Å². The number of nitrogens with zero attached hydrogens (tertiary/aromatic N) is 1. The van der Waals surface area contributed by atoms with Gasteiger partial charge in [-0.15, -0.1) is 0 Å². The van der Waals surface area contributed by atoms with Crippen LogP contribution in [0.1, 0.15) is 25.7 Å². The predicted molar refractivity (Wildman–Crippen MR) is 49.5 cm³/mol. The number of carbonyl (C=O) groups is 1. The molecule has 1 saturated carbocycles. The third-order valence-electron chi connectivity index (χ3n) is 3.39. The number of likely N-dealkylation sites (tertiary alicyclic amines) is 1. The maximum absolute atomic E-state index is 12.8. The van der Waals surface area contributed by atoms with Crippen molar-refractivity contribution in [1.29, 1.82) is 0 Å². The van der Waals surface area contributed by atoms with Gasteiger partial charge in [0.25, 0.3) is 5.92 Å². The Bertz CT molecular complexity index is 267. The second-order valence-electron chi connectivity index (χ2n) is 4.59. The molecule has 1 aliphatic heterocycles. The molecule has 2 rings (SSSR count). The standard InChI is InChI=1S/C10H15F2NO2/c11-10(12)3-5-13(6-4-10)8(15)9(7-14)1-2-9/h14H,1-7H2. The second-order valence-corrected chi connectivity index (χ2v) is 4.59. The van der Waals surface area contributed by atoms with Crippen LogP contribution in [0.15, 0.2) is 0 Å². The van der Waals surface area contributed by atoms with Crippen LogP contribution in [0.25, 0.3) is 0 Å². The summed E-state index contributed by atoms with van der Waals surface area (Å²) in [5.74, 6) is -2.76. The SMILES string of the molecule is O=C(N1CCC(F)(F)CC1)C1(CO)CC1. The molecule has 0 aromatic heterocycles. The molecule has 86 valence electrons. The van der Waals surface area contributed by atoms with Crippen LogP contribution < -0.4 is 0 Å². The summed E-state index contributed by atoms with van der Waals surface area (Å²) < 4.78 is 25.7. The van der Waals surface area contributed by atoms with Crippen molar-refractivity contribution in [2.45, 2.75) is 31.6 Å². The minimum Gasteiger partial charge on any atom is -0.395 e. The monoisotopic (exact) mass is 219 g/mol. The number of rotatable bonds is 2. The molecule has 1 amide bonds. The largest absolute Gasteiger partial charge is 0.395 e. The van der Waals surface area contributed by atoms with Crippen molar-refractivity contribution in [2.24, 2.45) is 5.41 Å². The topological polar surface area (TPSA) is 40.5 Å². The van der Waals surface area contributed by atoms with E-state index < -0.39 is 11.3 Å². The molecule has 5 heteroatoms. The molecule has 1 saturated heterocycles. The van der Waals surface area contributed by atoms with Crippen molar-refractivity contribution in [2.75, 3.05) is 19.7 Å². The smallest absolute Gasteiger partial charge is 0.251 e. The summed E-state index contributed by atoms with van der Waals surface area (Å²) in [6.07, 6.45) is 0.880. The molecule has 0 radical (unpaired) electrons. The fraction of sp³-hybridized carbons (Fsp3) is 0.900. The van der Waals surface area contributed by atoms with Crippen molar-refractivity contribution >= 4 is 5.91 Å². The molecule has 1 heterocycles. The van der Waals surface area contributed by atoms with Gasteiger partial charge in [-0.05, 0) is 12.8 Å². The van der Waals surface area contributed by atoms with E-state index in [0.717, 1.165) is 0 Å². The zero-order valence-electron chi connectivity index (χ0n) is 8.51. The fourth-order valence-corrected chi connectivity index (χ4v) is 1.96. The Labute approximate surface area is 87.1 Å². The molecule has 3 nitrogen and oxygen atoms in total. The number of aliphatic hydroxyl groups is 1. The third-order valence-corrected chi connectivity index (χ3v) is 3.39. The van der Waals surface area contributed by atoms with Gasteiger partial charge < -0.3 is 10.0 Å². The van der Waals surface area contributed by atoms with Crippen molar-refractivity contribution in [3.8, 4) is 0 Å². The summed E-state index contributed by atoms with van der Waals surface area (Å²) >= 11 is 0. The van der Waals surface area contributed by atoms with Gasteiger partial charge in [0, 0.05) is 25.9 Å². The van der Waals surface area contributed by atoms with Crippen molar-refractivity contribution in [3.63, 3.8) is 0 Å². The van der Waals surface area contributed by atoms with Gasteiger partial charge in [0.05, 0.1) is 12.0 Å². The van der Waals surface area contributed by atoms with E-state index in [-0.39, 0.29) is 38.4 Å². The Hall–Kier alpha value is -0.710. The number of hydrogen-bond donors (Lipinski definition) is 1. The van der Waals surface area contributed by atoms with Crippen LogP contribution in [0.3, 0.4) is 0 Å². The predicted octanol–water partition coefficient (Wildman–Crippen LogP) is 1.02. The molecule has 15 heavy (non-hydrogen) atoms. The van der Waals surface area contributed by atoms with Crippen LogP contribution in [0.4, 0.5) is 8.78 Å². The van der Waals surface area contributed by atoms with Crippen molar-refractivity contribution < 1.29 is 18.7 Å². The molecule has 1 aliphatic carbocycles. The number of halogens is 2. The van der Waals surface area contributed by atoms with E-state index in [4.69, 9.17) is 5.11 Å². The number of aliphatic hydroxyl groups excluding tert-OH is 1. The number of hydrogen-bond acceptors (Lipinski definition) is 2. The second kappa shape index (κ2) is 3.40. The fourth-order valence-electron chi connectivity index (χ4n) is 1.96. The van der Waals surface area contributed by atoms with E-state index in [1.807, 2.05) is 0 Å².